The number of nitrogens with zero attached hydrogens (tertiary/aromatic N) is 5. The third kappa shape index (κ3) is 2.64. The zero-order valence-electron chi connectivity index (χ0n) is 14.1. The maximum atomic E-state index is 4.78. The average molecular weight is 335 g/mol. The lowest BCUT2D eigenvalue weighted by Crippen LogP contribution is -2.26. The topological polar surface area (TPSA) is 82.6 Å². The zero-order chi connectivity index (χ0) is 16.6. The first-order valence-electron chi connectivity index (χ1n) is 9.02. The Balaban J connectivity index is 1.40. The molecule has 128 valence electrons. The molecular weight excluding hydrogens is 314 g/mol. The third-order valence-electron chi connectivity index (χ3n) is 5.24. The van der Waals surface area contributed by atoms with E-state index in [1.54, 1.807) is 0 Å². The quantitative estimate of drug-likeness (QED) is 0.759. The van der Waals surface area contributed by atoms with Gasteiger partial charge in [0.15, 0.2) is 5.65 Å². The van der Waals surface area contributed by atoms with E-state index in [2.05, 4.69) is 30.4 Å². The molecule has 25 heavy (non-hydrogen) atoms. The van der Waals surface area contributed by atoms with Crippen molar-refractivity contribution in [3.05, 3.63) is 29.8 Å². The highest BCUT2D eigenvalue weighted by atomic mass is 15.2. The molecule has 7 nitrogen and oxygen atoms in total. The predicted octanol–water partition coefficient (Wildman–Crippen LogP) is 2.02. The second-order valence-corrected chi connectivity index (χ2v) is 6.82. The Morgan fingerprint density at radius 2 is 2.00 bits per heavy atom. The van der Waals surface area contributed by atoms with Crippen LogP contribution in [0, 0.1) is 0 Å². The highest BCUT2D eigenvalue weighted by Crippen LogP contribution is 2.36. The molecule has 3 aromatic rings. The van der Waals surface area contributed by atoms with Crippen LogP contribution >= 0.6 is 0 Å². The lowest BCUT2D eigenvalue weighted by atomic mass is 9.89. The number of aromatic amines is 1. The van der Waals surface area contributed by atoms with Gasteiger partial charge in [0.05, 0.1) is 11.9 Å². The molecule has 0 bridgehead atoms. The van der Waals surface area contributed by atoms with E-state index in [1.165, 1.54) is 37.1 Å². The SMILES string of the molecule is c1nc2[nH]ncc2c2c1CCc1nc(NCCN3CCCC3)ncc1-2. The molecule has 1 saturated heterocycles. The Kier molecular flexibility index (Phi) is 3.59. The summed E-state index contributed by atoms with van der Waals surface area (Å²) in [5.74, 6) is 0.735. The molecule has 4 heterocycles. The molecule has 3 aromatic heterocycles. The minimum Gasteiger partial charge on any atom is -0.353 e. The van der Waals surface area contributed by atoms with Crippen LogP contribution < -0.4 is 5.32 Å². The van der Waals surface area contributed by atoms with Crippen molar-refractivity contribution >= 4 is 17.0 Å². The summed E-state index contributed by atoms with van der Waals surface area (Å²) in [7, 11) is 0. The van der Waals surface area contributed by atoms with Crippen LogP contribution in [0.1, 0.15) is 24.1 Å². The first kappa shape index (κ1) is 14.8. The van der Waals surface area contributed by atoms with Crippen LogP contribution in [0.4, 0.5) is 5.95 Å². The van der Waals surface area contributed by atoms with Crippen molar-refractivity contribution in [1.29, 1.82) is 0 Å². The van der Waals surface area contributed by atoms with E-state index in [0.717, 1.165) is 54.2 Å². The highest BCUT2D eigenvalue weighted by molar-refractivity contribution is 5.95. The van der Waals surface area contributed by atoms with Crippen LogP contribution in [0.2, 0.25) is 0 Å². The molecule has 5 rings (SSSR count). The zero-order valence-corrected chi connectivity index (χ0v) is 14.1. The molecular formula is C18H21N7. The summed E-state index contributed by atoms with van der Waals surface area (Å²) < 4.78 is 0. The smallest absolute Gasteiger partial charge is 0.222 e. The van der Waals surface area contributed by atoms with Crippen LogP contribution in [-0.4, -0.2) is 56.2 Å². The van der Waals surface area contributed by atoms with Gasteiger partial charge >= 0.3 is 0 Å². The second-order valence-electron chi connectivity index (χ2n) is 6.82. The largest absolute Gasteiger partial charge is 0.353 e. The Labute approximate surface area is 145 Å². The predicted molar refractivity (Wildman–Crippen MR) is 96.5 cm³/mol. The standard InChI is InChI=1S/C18H21N7/c1-2-7-25(6-1)8-5-19-18-21-10-13-15(23-18)4-3-12-9-20-17-14(16(12)13)11-22-24-17/h9-11H,1-8H2,(H,19,21,23)(H,20,22,24). The molecule has 0 aromatic carbocycles. The number of fused-ring (bicyclic) bond motifs is 5. The van der Waals surface area contributed by atoms with Crippen LogP contribution in [0.15, 0.2) is 18.6 Å². The molecule has 0 atom stereocenters. The van der Waals surface area contributed by atoms with Gasteiger partial charge in [-0.15, -0.1) is 0 Å². The fourth-order valence-electron chi connectivity index (χ4n) is 3.94. The van der Waals surface area contributed by atoms with E-state index in [1.807, 2.05) is 18.6 Å². The molecule has 0 spiro atoms. The molecule has 0 radical (unpaired) electrons. The Bertz CT molecular complexity index is 911. The minimum atomic E-state index is 0.735. The molecule has 0 saturated carbocycles. The summed E-state index contributed by atoms with van der Waals surface area (Å²) in [4.78, 5) is 16.3. The molecule has 0 amide bonds. The molecule has 0 unspecified atom stereocenters. The van der Waals surface area contributed by atoms with E-state index in [9.17, 15) is 0 Å². The van der Waals surface area contributed by atoms with E-state index in [4.69, 9.17) is 4.98 Å². The monoisotopic (exact) mass is 335 g/mol. The van der Waals surface area contributed by atoms with Crippen LogP contribution in [0.25, 0.3) is 22.2 Å². The fraction of sp³-hybridized carbons (Fsp3) is 0.444. The maximum Gasteiger partial charge on any atom is 0.222 e. The number of pyridine rings is 1. The lowest BCUT2D eigenvalue weighted by molar-refractivity contribution is 0.352. The Morgan fingerprint density at radius 3 is 2.92 bits per heavy atom. The summed E-state index contributed by atoms with van der Waals surface area (Å²) >= 11 is 0. The Hall–Kier alpha value is -2.54. The van der Waals surface area contributed by atoms with Crippen molar-refractivity contribution in [3.63, 3.8) is 0 Å². The van der Waals surface area contributed by atoms with Gasteiger partial charge in [-0.3, -0.25) is 5.10 Å². The maximum absolute atomic E-state index is 4.78. The number of nitrogens with one attached hydrogen (secondary N) is 2. The average Bonchev–Trinajstić information content (AvgIpc) is 3.32. The van der Waals surface area contributed by atoms with Gasteiger partial charge in [-0.2, -0.15) is 5.10 Å². The molecule has 1 fully saturated rings. The van der Waals surface area contributed by atoms with Gasteiger partial charge < -0.3 is 10.2 Å². The highest BCUT2D eigenvalue weighted by Gasteiger charge is 2.22. The number of rotatable bonds is 4. The van der Waals surface area contributed by atoms with Gasteiger partial charge in [-0.25, -0.2) is 15.0 Å². The van der Waals surface area contributed by atoms with Crippen molar-refractivity contribution in [2.24, 2.45) is 0 Å². The van der Waals surface area contributed by atoms with Crippen molar-refractivity contribution in [3.8, 4) is 11.1 Å². The van der Waals surface area contributed by atoms with Crippen LogP contribution in [0.5, 0.6) is 0 Å². The number of anilines is 1. The van der Waals surface area contributed by atoms with Crippen LogP contribution in [-0.2, 0) is 12.8 Å². The fourth-order valence-corrected chi connectivity index (χ4v) is 3.94. The first-order chi connectivity index (χ1) is 12.4. The van der Waals surface area contributed by atoms with Gasteiger partial charge in [0.25, 0.3) is 0 Å². The summed E-state index contributed by atoms with van der Waals surface area (Å²) in [5, 5.41) is 11.5. The summed E-state index contributed by atoms with van der Waals surface area (Å²) in [6.45, 7) is 4.40. The number of aryl methyl sites for hydroxylation is 2. The second kappa shape index (κ2) is 6.07. The summed E-state index contributed by atoms with van der Waals surface area (Å²) in [5.41, 5.74) is 5.47. The van der Waals surface area contributed by atoms with Crippen molar-refractivity contribution in [2.45, 2.75) is 25.7 Å². The molecule has 1 aliphatic heterocycles. The van der Waals surface area contributed by atoms with Gasteiger partial charge in [0.2, 0.25) is 5.95 Å². The van der Waals surface area contributed by atoms with E-state index in [0.29, 0.717) is 0 Å². The van der Waals surface area contributed by atoms with E-state index >= 15 is 0 Å². The molecule has 2 N–H and O–H groups in total. The van der Waals surface area contributed by atoms with Crippen molar-refractivity contribution in [2.75, 3.05) is 31.5 Å². The van der Waals surface area contributed by atoms with Gasteiger partial charge in [0, 0.05) is 42.0 Å². The number of hydrogen-bond acceptors (Lipinski definition) is 6. The van der Waals surface area contributed by atoms with Gasteiger partial charge in [-0.1, -0.05) is 0 Å². The minimum absolute atomic E-state index is 0.735. The molecule has 1 aliphatic carbocycles. The van der Waals surface area contributed by atoms with Crippen molar-refractivity contribution < 1.29 is 0 Å². The third-order valence-corrected chi connectivity index (χ3v) is 5.24. The number of H-pyrrole nitrogens is 1. The number of hydrogen-bond donors (Lipinski definition) is 2. The molecule has 7 heteroatoms. The first-order valence-corrected chi connectivity index (χ1v) is 9.02. The Morgan fingerprint density at radius 1 is 1.08 bits per heavy atom. The number of aromatic nitrogens is 5. The molecule has 2 aliphatic rings. The van der Waals surface area contributed by atoms with Crippen molar-refractivity contribution in [1.82, 2.24) is 30.0 Å². The summed E-state index contributed by atoms with van der Waals surface area (Å²) in [6, 6.07) is 0. The van der Waals surface area contributed by atoms with E-state index < -0.39 is 0 Å². The number of likely N-dealkylation sites (tertiary alicyclic amines) is 1. The van der Waals surface area contributed by atoms with Gasteiger partial charge in [-0.05, 0) is 44.3 Å². The normalized spacial score (nSPS) is 16.8. The van der Waals surface area contributed by atoms with Crippen LogP contribution in [0.3, 0.4) is 0 Å². The van der Waals surface area contributed by atoms with Gasteiger partial charge in [0.1, 0.15) is 0 Å². The lowest BCUT2D eigenvalue weighted by Gasteiger charge is -2.20. The van der Waals surface area contributed by atoms with E-state index in [-0.39, 0.29) is 0 Å². The summed E-state index contributed by atoms with van der Waals surface area (Å²) in [6.07, 6.45) is 10.3.